The monoisotopic (exact) mass is 408 g/mol. The van der Waals surface area contributed by atoms with E-state index in [9.17, 15) is 9.59 Å². The summed E-state index contributed by atoms with van der Waals surface area (Å²) in [5.74, 6) is 0.0602. The number of imide groups is 1. The van der Waals surface area contributed by atoms with Gasteiger partial charge >= 0.3 is 0 Å². The van der Waals surface area contributed by atoms with E-state index in [0.29, 0.717) is 39.3 Å². The van der Waals surface area contributed by atoms with Crippen LogP contribution in [0.4, 0.5) is 0 Å². The van der Waals surface area contributed by atoms with Gasteiger partial charge in [-0.3, -0.25) is 14.5 Å². The van der Waals surface area contributed by atoms with Crippen LogP contribution in [0.1, 0.15) is 51.5 Å². The lowest BCUT2D eigenvalue weighted by Crippen LogP contribution is -2.39. The molecule has 2 heterocycles. The fourth-order valence-corrected chi connectivity index (χ4v) is 4.41. The first kappa shape index (κ1) is 20.2. The first-order chi connectivity index (χ1) is 12.9. The fourth-order valence-electron chi connectivity index (χ4n) is 3.91. The Morgan fingerprint density at radius 1 is 1.15 bits per heavy atom. The van der Waals surface area contributed by atoms with Crippen molar-refractivity contribution in [2.75, 3.05) is 19.6 Å². The zero-order valence-electron chi connectivity index (χ0n) is 15.9. The van der Waals surface area contributed by atoms with Gasteiger partial charge in [0.25, 0.3) is 11.8 Å². The minimum Gasteiger partial charge on any atom is -0.366 e. The first-order valence-corrected chi connectivity index (χ1v) is 10.5. The number of unbranched alkanes of at least 4 members (excludes halogenated alkanes) is 2. The van der Waals surface area contributed by atoms with E-state index in [1.54, 1.807) is 18.2 Å². The van der Waals surface area contributed by atoms with E-state index in [2.05, 4.69) is 18.7 Å². The Hall–Kier alpha value is -1.52. The maximum Gasteiger partial charge on any atom is 0.277 e. The smallest absolute Gasteiger partial charge is 0.277 e. The first-order valence-electron chi connectivity index (χ1n) is 9.74. The number of nitrogens with zero attached hydrogens (tertiary/aromatic N) is 2. The van der Waals surface area contributed by atoms with E-state index in [4.69, 9.17) is 23.2 Å². The van der Waals surface area contributed by atoms with Crippen LogP contribution in [-0.4, -0.2) is 41.2 Å². The van der Waals surface area contributed by atoms with Gasteiger partial charge in [0.1, 0.15) is 5.70 Å². The highest BCUT2D eigenvalue weighted by Crippen LogP contribution is 2.37. The largest absolute Gasteiger partial charge is 0.366 e. The van der Waals surface area contributed by atoms with Gasteiger partial charge in [0.15, 0.2) is 0 Å². The normalized spacial score (nSPS) is 20.8. The third-order valence-corrected chi connectivity index (χ3v) is 5.85. The Balaban J connectivity index is 2.03. The molecule has 1 unspecified atom stereocenters. The highest BCUT2D eigenvalue weighted by molar-refractivity contribution is 6.41. The average molecular weight is 409 g/mol. The summed E-state index contributed by atoms with van der Waals surface area (Å²) in [7, 11) is 0. The average Bonchev–Trinajstić information content (AvgIpc) is 2.86. The predicted octanol–water partition coefficient (Wildman–Crippen LogP) is 5.00. The molecule has 0 aliphatic carbocycles. The quantitative estimate of drug-likeness (QED) is 0.491. The molecule has 3 rings (SSSR count). The maximum absolute atomic E-state index is 13.2. The molecule has 27 heavy (non-hydrogen) atoms. The van der Waals surface area contributed by atoms with Crippen LogP contribution in [0.5, 0.6) is 0 Å². The van der Waals surface area contributed by atoms with Gasteiger partial charge < -0.3 is 4.90 Å². The molecule has 2 aliphatic heterocycles. The van der Waals surface area contributed by atoms with Gasteiger partial charge in [-0.2, -0.15) is 0 Å². The molecule has 0 saturated carbocycles. The summed E-state index contributed by atoms with van der Waals surface area (Å²) >= 11 is 12.4. The van der Waals surface area contributed by atoms with Crippen LogP contribution in [0.15, 0.2) is 23.9 Å². The zero-order valence-corrected chi connectivity index (χ0v) is 17.4. The van der Waals surface area contributed by atoms with E-state index in [0.717, 1.165) is 45.2 Å². The highest BCUT2D eigenvalue weighted by atomic mass is 35.5. The summed E-state index contributed by atoms with van der Waals surface area (Å²) in [4.78, 5) is 29.9. The van der Waals surface area contributed by atoms with Crippen LogP contribution in [0.2, 0.25) is 10.0 Å². The van der Waals surface area contributed by atoms with Gasteiger partial charge in [-0.1, -0.05) is 56.0 Å². The van der Waals surface area contributed by atoms with Crippen molar-refractivity contribution in [2.24, 2.45) is 5.92 Å². The number of amides is 2. The van der Waals surface area contributed by atoms with E-state index in [1.165, 1.54) is 4.90 Å². The van der Waals surface area contributed by atoms with Gasteiger partial charge in [-0.25, -0.2) is 0 Å². The second kappa shape index (κ2) is 8.66. The summed E-state index contributed by atoms with van der Waals surface area (Å²) in [5.41, 5.74) is 1.52. The molecule has 146 valence electrons. The molecule has 1 aromatic carbocycles. The number of piperidine rings is 1. The van der Waals surface area contributed by atoms with Crippen LogP contribution in [0, 0.1) is 5.92 Å². The second-order valence-corrected chi connectivity index (χ2v) is 8.35. The summed E-state index contributed by atoms with van der Waals surface area (Å²) in [6, 6.07) is 5.08. The van der Waals surface area contributed by atoms with Crippen molar-refractivity contribution in [3.8, 4) is 0 Å². The van der Waals surface area contributed by atoms with Crippen LogP contribution < -0.4 is 0 Å². The lowest BCUT2D eigenvalue weighted by Gasteiger charge is -2.33. The van der Waals surface area contributed by atoms with Crippen LogP contribution in [0.25, 0.3) is 5.57 Å². The Bertz CT molecular complexity index is 775. The topological polar surface area (TPSA) is 40.6 Å². The lowest BCUT2D eigenvalue weighted by molar-refractivity contribution is -0.137. The third kappa shape index (κ3) is 4.17. The predicted molar refractivity (Wildman–Crippen MR) is 110 cm³/mol. The molecule has 2 amide bonds. The molecule has 1 atom stereocenters. The molecule has 1 saturated heterocycles. The van der Waals surface area contributed by atoms with Gasteiger partial charge in [-0.05, 0) is 37.3 Å². The zero-order chi connectivity index (χ0) is 19.6. The molecule has 2 aliphatic rings. The van der Waals surface area contributed by atoms with Crippen molar-refractivity contribution in [1.29, 1.82) is 0 Å². The molecule has 1 aromatic rings. The summed E-state index contributed by atoms with van der Waals surface area (Å²) in [6.07, 6.45) is 5.01. The number of carbonyl (C=O) groups is 2. The fraction of sp³-hybridized carbons (Fsp3) is 0.524. The number of carbonyl (C=O) groups excluding carboxylic acids is 2. The molecule has 6 heteroatoms. The van der Waals surface area contributed by atoms with Crippen molar-refractivity contribution in [1.82, 2.24) is 9.80 Å². The second-order valence-electron chi connectivity index (χ2n) is 7.51. The van der Waals surface area contributed by atoms with E-state index in [-0.39, 0.29) is 11.8 Å². The summed E-state index contributed by atoms with van der Waals surface area (Å²) < 4.78 is 0. The molecule has 0 radical (unpaired) electrons. The van der Waals surface area contributed by atoms with E-state index >= 15 is 0 Å². The van der Waals surface area contributed by atoms with Crippen LogP contribution >= 0.6 is 23.2 Å². The van der Waals surface area contributed by atoms with Crippen molar-refractivity contribution >= 4 is 40.6 Å². The number of halogens is 2. The Morgan fingerprint density at radius 3 is 2.59 bits per heavy atom. The van der Waals surface area contributed by atoms with Gasteiger partial charge in [-0.15, -0.1) is 0 Å². The number of likely N-dealkylation sites (tertiary alicyclic amines) is 1. The SMILES string of the molecule is CCCCCN1C(=O)C(c2ccc(Cl)cc2Cl)=C(N2CCCC(C)C2)C1=O. The van der Waals surface area contributed by atoms with E-state index in [1.807, 2.05) is 0 Å². The Morgan fingerprint density at radius 2 is 1.93 bits per heavy atom. The van der Waals surface area contributed by atoms with Crippen molar-refractivity contribution in [3.63, 3.8) is 0 Å². The van der Waals surface area contributed by atoms with E-state index < -0.39 is 0 Å². The molecular formula is C21H26Cl2N2O2. The number of hydrogen-bond donors (Lipinski definition) is 0. The molecule has 0 spiro atoms. The molecule has 0 N–H and O–H groups in total. The standard InChI is InChI=1S/C21H26Cl2N2O2/c1-3-4-5-11-25-20(26)18(16-9-8-15(22)12-17(16)23)19(21(25)27)24-10-6-7-14(2)13-24/h8-9,12,14H,3-7,10-11,13H2,1-2H3. The number of hydrogen-bond acceptors (Lipinski definition) is 3. The number of rotatable bonds is 6. The summed E-state index contributed by atoms with van der Waals surface area (Å²) in [5, 5.41) is 0.908. The minimum absolute atomic E-state index is 0.189. The van der Waals surface area contributed by atoms with Crippen LogP contribution in [-0.2, 0) is 9.59 Å². The van der Waals surface area contributed by atoms with Gasteiger partial charge in [0.05, 0.1) is 10.6 Å². The molecule has 0 bridgehead atoms. The molecule has 0 aromatic heterocycles. The Labute approximate surface area is 171 Å². The van der Waals surface area contributed by atoms with Crippen LogP contribution in [0.3, 0.4) is 0 Å². The molecular weight excluding hydrogens is 383 g/mol. The van der Waals surface area contributed by atoms with Crippen molar-refractivity contribution in [2.45, 2.75) is 46.0 Å². The number of benzene rings is 1. The van der Waals surface area contributed by atoms with Crippen molar-refractivity contribution in [3.05, 3.63) is 39.5 Å². The maximum atomic E-state index is 13.2. The Kier molecular flexibility index (Phi) is 6.48. The van der Waals surface area contributed by atoms with Gasteiger partial charge in [0, 0.05) is 30.2 Å². The molecule has 1 fully saturated rings. The summed E-state index contributed by atoms with van der Waals surface area (Å²) in [6.45, 7) is 6.31. The third-order valence-electron chi connectivity index (χ3n) is 5.30. The highest BCUT2D eigenvalue weighted by Gasteiger charge is 2.42. The lowest BCUT2D eigenvalue weighted by atomic mass is 9.97. The van der Waals surface area contributed by atoms with Gasteiger partial charge in [0.2, 0.25) is 0 Å². The van der Waals surface area contributed by atoms with Crippen molar-refractivity contribution < 1.29 is 9.59 Å². The minimum atomic E-state index is -0.242. The molecule has 4 nitrogen and oxygen atoms in total.